The number of piperidine rings is 1. The Labute approximate surface area is 187 Å². The zero-order valence-electron chi connectivity index (χ0n) is 18.5. The molecule has 0 amide bonds. The van der Waals surface area contributed by atoms with Crippen LogP contribution in [-0.4, -0.2) is 62.5 Å². The molecule has 0 radical (unpaired) electrons. The summed E-state index contributed by atoms with van der Waals surface area (Å²) in [5.41, 5.74) is 2.57. The molecule has 0 atom stereocenters. The smallest absolute Gasteiger partial charge is 0.146 e. The molecule has 0 spiro atoms. The fourth-order valence-corrected chi connectivity index (χ4v) is 6.11. The van der Waals surface area contributed by atoms with Crippen molar-refractivity contribution in [2.45, 2.75) is 58.5 Å². The van der Waals surface area contributed by atoms with Crippen molar-refractivity contribution < 1.29 is 5.11 Å². The molecule has 5 heterocycles. The molecule has 1 N–H and O–H groups in total. The van der Waals surface area contributed by atoms with Crippen LogP contribution in [0.1, 0.15) is 53.6 Å². The number of fused-ring (bicyclic) bond motifs is 1. The summed E-state index contributed by atoms with van der Waals surface area (Å²) < 4.78 is 1.96. The van der Waals surface area contributed by atoms with Gasteiger partial charge in [0.15, 0.2) is 0 Å². The van der Waals surface area contributed by atoms with Crippen LogP contribution >= 0.6 is 11.3 Å². The summed E-state index contributed by atoms with van der Waals surface area (Å²) in [5.74, 6) is 2.58. The Balaban J connectivity index is 1.40. The van der Waals surface area contributed by atoms with Gasteiger partial charge in [0.25, 0.3) is 0 Å². The summed E-state index contributed by atoms with van der Waals surface area (Å²) >= 11 is 1.80. The predicted molar refractivity (Wildman–Crippen MR) is 125 cm³/mol. The molecule has 5 rings (SSSR count). The highest BCUT2D eigenvalue weighted by molar-refractivity contribution is 7.18. The van der Waals surface area contributed by atoms with Crippen LogP contribution in [0.15, 0.2) is 12.3 Å². The minimum absolute atomic E-state index is 0.128. The van der Waals surface area contributed by atoms with Gasteiger partial charge in [0, 0.05) is 35.8 Å². The van der Waals surface area contributed by atoms with Gasteiger partial charge < -0.3 is 10.0 Å². The van der Waals surface area contributed by atoms with Gasteiger partial charge in [-0.05, 0) is 64.3 Å². The van der Waals surface area contributed by atoms with Crippen LogP contribution in [0.25, 0.3) is 10.2 Å². The molecule has 31 heavy (non-hydrogen) atoms. The van der Waals surface area contributed by atoms with Crippen LogP contribution < -0.4 is 4.90 Å². The minimum atomic E-state index is 0.128. The number of aliphatic hydroxyl groups is 1. The Bertz CT molecular complexity index is 1050. The van der Waals surface area contributed by atoms with E-state index in [-0.39, 0.29) is 6.61 Å². The third-order valence-electron chi connectivity index (χ3n) is 6.89. The number of nitrogens with zero attached hydrogens (tertiary/aromatic N) is 6. The van der Waals surface area contributed by atoms with Crippen LogP contribution in [0.4, 0.5) is 5.82 Å². The second-order valence-corrected chi connectivity index (χ2v) is 10.1. The van der Waals surface area contributed by atoms with Crippen LogP contribution in [0.3, 0.4) is 0 Å². The van der Waals surface area contributed by atoms with Crippen LogP contribution in [0.5, 0.6) is 0 Å². The normalized spacial score (nSPS) is 18.5. The number of aryl methyl sites for hydroxylation is 2. The number of thiophene rings is 1. The third-order valence-corrected chi connectivity index (χ3v) is 7.99. The van der Waals surface area contributed by atoms with E-state index >= 15 is 0 Å². The van der Waals surface area contributed by atoms with Gasteiger partial charge in [0.05, 0.1) is 25.1 Å². The van der Waals surface area contributed by atoms with Gasteiger partial charge in [-0.25, -0.2) is 9.97 Å². The molecule has 2 aliphatic heterocycles. The van der Waals surface area contributed by atoms with Gasteiger partial charge >= 0.3 is 0 Å². The van der Waals surface area contributed by atoms with Gasteiger partial charge in [0.2, 0.25) is 0 Å². The molecule has 0 aromatic carbocycles. The van der Waals surface area contributed by atoms with Crippen molar-refractivity contribution in [2.24, 2.45) is 0 Å². The molecule has 0 unspecified atom stereocenters. The first-order chi connectivity index (χ1) is 15.1. The lowest BCUT2D eigenvalue weighted by molar-refractivity contribution is 0.265. The Morgan fingerprint density at radius 2 is 1.87 bits per heavy atom. The van der Waals surface area contributed by atoms with E-state index in [1.54, 1.807) is 11.3 Å². The first-order valence-corrected chi connectivity index (χ1v) is 12.3. The van der Waals surface area contributed by atoms with Gasteiger partial charge in [-0.3, -0.25) is 9.58 Å². The van der Waals surface area contributed by atoms with Crippen LogP contribution in [0.2, 0.25) is 0 Å². The van der Waals surface area contributed by atoms with Crippen molar-refractivity contribution in [2.75, 3.05) is 37.7 Å². The monoisotopic (exact) mass is 440 g/mol. The molecule has 8 heteroatoms. The SMILES string of the molecule is Cc1sc2nc(CN3CCCC3)nc(N3CCC(c4ccnn4CCO)CC3)c2c1C. The molecule has 7 nitrogen and oxygen atoms in total. The lowest BCUT2D eigenvalue weighted by Gasteiger charge is -2.33. The van der Waals surface area contributed by atoms with Gasteiger partial charge in [-0.15, -0.1) is 11.3 Å². The molecule has 3 aromatic heterocycles. The Morgan fingerprint density at radius 1 is 1.10 bits per heavy atom. The number of hydrogen-bond donors (Lipinski definition) is 1. The van der Waals surface area contributed by atoms with E-state index in [9.17, 15) is 5.11 Å². The van der Waals surface area contributed by atoms with E-state index in [4.69, 9.17) is 9.97 Å². The maximum Gasteiger partial charge on any atom is 0.146 e. The lowest BCUT2D eigenvalue weighted by atomic mass is 9.93. The zero-order chi connectivity index (χ0) is 21.4. The maximum atomic E-state index is 9.32. The number of likely N-dealkylation sites (tertiary alicyclic amines) is 1. The Morgan fingerprint density at radius 3 is 2.61 bits per heavy atom. The van der Waals surface area contributed by atoms with E-state index in [2.05, 4.69) is 34.8 Å². The van der Waals surface area contributed by atoms with E-state index < -0.39 is 0 Å². The number of rotatable bonds is 6. The molecule has 2 aliphatic rings. The number of aliphatic hydroxyl groups excluding tert-OH is 1. The summed E-state index contributed by atoms with van der Waals surface area (Å²) in [5, 5.41) is 15.0. The second kappa shape index (κ2) is 8.84. The van der Waals surface area contributed by atoms with Crippen molar-refractivity contribution in [3.05, 3.63) is 34.2 Å². The summed E-state index contributed by atoms with van der Waals surface area (Å²) in [4.78, 5) is 17.5. The first kappa shape index (κ1) is 20.8. The molecular weight excluding hydrogens is 408 g/mol. The molecule has 3 aromatic rings. The highest BCUT2D eigenvalue weighted by Crippen LogP contribution is 2.38. The predicted octanol–water partition coefficient (Wildman–Crippen LogP) is 3.48. The summed E-state index contributed by atoms with van der Waals surface area (Å²) in [6, 6.07) is 2.11. The van der Waals surface area contributed by atoms with Crippen molar-refractivity contribution in [3.8, 4) is 0 Å². The standard InChI is InChI=1S/C23H32N6OS/c1-16-17(2)31-23-21(16)22(25-20(26-23)15-27-9-3-4-10-27)28-11-6-18(7-12-28)19-5-8-24-29(19)13-14-30/h5,8,18,30H,3-4,6-7,9-15H2,1-2H3. The van der Waals surface area contributed by atoms with Crippen LogP contribution in [0, 0.1) is 13.8 Å². The van der Waals surface area contributed by atoms with Crippen molar-refractivity contribution >= 4 is 27.4 Å². The summed E-state index contributed by atoms with van der Waals surface area (Å²) in [6.45, 7) is 10.2. The van der Waals surface area contributed by atoms with Crippen molar-refractivity contribution in [1.29, 1.82) is 0 Å². The van der Waals surface area contributed by atoms with E-state index in [0.29, 0.717) is 12.5 Å². The van der Waals surface area contributed by atoms with Crippen molar-refractivity contribution in [3.63, 3.8) is 0 Å². The number of hydrogen-bond acceptors (Lipinski definition) is 7. The topological polar surface area (TPSA) is 70.3 Å². The Kier molecular flexibility index (Phi) is 5.95. The Hall–Kier alpha value is -2.03. The molecule has 166 valence electrons. The van der Waals surface area contributed by atoms with Crippen LogP contribution in [-0.2, 0) is 13.1 Å². The molecule has 2 fully saturated rings. The highest BCUT2D eigenvalue weighted by atomic mass is 32.1. The van der Waals surface area contributed by atoms with E-state index in [1.165, 1.54) is 34.4 Å². The fraction of sp³-hybridized carbons (Fsp3) is 0.609. The van der Waals surface area contributed by atoms with Gasteiger partial charge in [-0.2, -0.15) is 5.10 Å². The average molecular weight is 441 g/mol. The summed E-state index contributed by atoms with van der Waals surface area (Å²) in [7, 11) is 0. The first-order valence-electron chi connectivity index (χ1n) is 11.5. The number of anilines is 1. The van der Waals surface area contributed by atoms with E-state index in [0.717, 1.165) is 62.0 Å². The fourth-order valence-electron chi connectivity index (χ4n) is 5.07. The largest absolute Gasteiger partial charge is 0.394 e. The van der Waals surface area contributed by atoms with E-state index in [1.807, 2.05) is 10.9 Å². The third kappa shape index (κ3) is 4.08. The lowest BCUT2D eigenvalue weighted by Crippen LogP contribution is -2.34. The maximum absolute atomic E-state index is 9.32. The van der Waals surface area contributed by atoms with Gasteiger partial charge in [-0.1, -0.05) is 0 Å². The minimum Gasteiger partial charge on any atom is -0.394 e. The average Bonchev–Trinajstić information content (AvgIpc) is 3.50. The van der Waals surface area contributed by atoms with Gasteiger partial charge in [0.1, 0.15) is 16.5 Å². The molecule has 2 saturated heterocycles. The molecule has 0 bridgehead atoms. The quantitative estimate of drug-likeness (QED) is 0.633. The highest BCUT2D eigenvalue weighted by Gasteiger charge is 2.27. The second-order valence-electron chi connectivity index (χ2n) is 8.87. The summed E-state index contributed by atoms with van der Waals surface area (Å²) in [6.07, 6.45) is 6.57. The molecule has 0 aliphatic carbocycles. The molecular formula is C23H32N6OS. The zero-order valence-corrected chi connectivity index (χ0v) is 19.4. The number of aromatic nitrogens is 4. The molecule has 0 saturated carbocycles. The van der Waals surface area contributed by atoms with Crippen molar-refractivity contribution in [1.82, 2.24) is 24.6 Å².